The van der Waals surface area contributed by atoms with Crippen molar-refractivity contribution in [2.24, 2.45) is 5.73 Å². The molecule has 162 valence electrons. The Labute approximate surface area is 168 Å². The zero-order valence-corrected chi connectivity index (χ0v) is 16.5. The highest BCUT2D eigenvalue weighted by molar-refractivity contribution is 5.97. The summed E-state index contributed by atoms with van der Waals surface area (Å²) >= 11 is 0. The number of halogens is 2. The van der Waals surface area contributed by atoms with Crippen LogP contribution in [0.25, 0.3) is 0 Å². The number of ether oxygens (including phenoxy) is 1. The first-order valence-corrected chi connectivity index (χ1v) is 10.1. The second-order valence-electron chi connectivity index (χ2n) is 8.26. The van der Waals surface area contributed by atoms with Crippen molar-refractivity contribution in [2.45, 2.75) is 88.7 Å². The van der Waals surface area contributed by atoms with Crippen molar-refractivity contribution in [3.05, 3.63) is 11.8 Å². The van der Waals surface area contributed by atoms with E-state index in [1.165, 1.54) is 6.20 Å². The average Bonchev–Trinajstić information content (AvgIpc) is 2.63. The highest BCUT2D eigenvalue weighted by atomic mass is 19.3. The molecule has 10 heteroatoms. The van der Waals surface area contributed by atoms with Gasteiger partial charge in [0.2, 0.25) is 5.95 Å². The molecule has 0 aromatic carbocycles. The maximum Gasteiger partial charge on any atom is 0.345 e. The molecule has 1 aromatic heterocycles. The number of nitrogens with zero attached hydrogens (tertiary/aromatic N) is 2. The fourth-order valence-corrected chi connectivity index (χ4v) is 4.13. The van der Waals surface area contributed by atoms with E-state index in [9.17, 15) is 18.7 Å². The van der Waals surface area contributed by atoms with E-state index in [-0.39, 0.29) is 23.2 Å². The fourth-order valence-electron chi connectivity index (χ4n) is 4.13. The summed E-state index contributed by atoms with van der Waals surface area (Å²) in [5, 5.41) is 16.4. The zero-order valence-electron chi connectivity index (χ0n) is 16.5. The molecule has 8 nitrogen and oxygen atoms in total. The molecule has 0 bridgehead atoms. The van der Waals surface area contributed by atoms with Crippen molar-refractivity contribution < 1.29 is 23.4 Å². The number of anilines is 2. The lowest BCUT2D eigenvalue weighted by Gasteiger charge is -2.38. The first kappa shape index (κ1) is 21.6. The molecule has 2 saturated carbocycles. The molecule has 0 saturated heterocycles. The molecular weight excluding hydrogens is 384 g/mol. The van der Waals surface area contributed by atoms with Gasteiger partial charge in [-0.1, -0.05) is 0 Å². The molecule has 2 fully saturated rings. The summed E-state index contributed by atoms with van der Waals surface area (Å²) in [5.41, 5.74) is 5.28. The normalized spacial score (nSPS) is 30.2. The number of hydrogen-bond acceptors (Lipinski definition) is 7. The third kappa shape index (κ3) is 5.96. The van der Waals surface area contributed by atoms with Crippen LogP contribution >= 0.6 is 0 Å². The van der Waals surface area contributed by atoms with Crippen LogP contribution in [-0.4, -0.2) is 51.4 Å². The summed E-state index contributed by atoms with van der Waals surface area (Å²) in [5.74, 6) is 0.0447. The van der Waals surface area contributed by atoms with Crippen LogP contribution in [0.1, 0.15) is 68.6 Å². The molecule has 5 N–H and O–H groups in total. The number of carbonyl (C=O) groups excluding carboxylic acids is 1. The van der Waals surface area contributed by atoms with E-state index in [0.29, 0.717) is 43.9 Å². The third-order valence-electron chi connectivity index (χ3n) is 5.79. The van der Waals surface area contributed by atoms with Crippen LogP contribution < -0.4 is 16.4 Å². The maximum absolute atomic E-state index is 12.4. The first-order chi connectivity index (χ1) is 13.7. The molecule has 1 heterocycles. The van der Waals surface area contributed by atoms with Crippen molar-refractivity contribution in [1.82, 2.24) is 9.97 Å². The SMILES string of the molecule is CC1(Nc2ncc(C(N)=O)c(N[C@@H]3CCC[C@H](O)C3)n2)CCC(OC(F)F)CC1. The summed E-state index contributed by atoms with van der Waals surface area (Å²) in [7, 11) is 0. The number of rotatable bonds is 7. The van der Waals surface area contributed by atoms with Crippen LogP contribution in [0.3, 0.4) is 0 Å². The van der Waals surface area contributed by atoms with Gasteiger partial charge in [-0.25, -0.2) is 4.98 Å². The van der Waals surface area contributed by atoms with Crippen molar-refractivity contribution in [2.75, 3.05) is 10.6 Å². The largest absolute Gasteiger partial charge is 0.393 e. The standard InChI is InChI=1S/C19H29F2N5O3/c1-19(7-5-13(6-8-19)29-17(20)21)26-18-23-10-14(15(22)28)16(25-18)24-11-3-2-4-12(27)9-11/h10-13,17,27H,2-9H2,1H3,(H2,22,28)(H2,23,24,25,26)/t11-,12+,13?,19?/m1/s1. The highest BCUT2D eigenvalue weighted by Gasteiger charge is 2.33. The molecule has 0 unspecified atom stereocenters. The minimum atomic E-state index is -2.76. The summed E-state index contributed by atoms with van der Waals surface area (Å²) in [6.07, 6.45) is 5.95. The van der Waals surface area contributed by atoms with Gasteiger partial charge >= 0.3 is 6.61 Å². The van der Waals surface area contributed by atoms with E-state index in [2.05, 4.69) is 25.3 Å². The number of primary amides is 1. The number of aliphatic hydroxyl groups is 1. The Bertz CT molecular complexity index is 713. The van der Waals surface area contributed by atoms with Gasteiger partial charge in [-0.3, -0.25) is 4.79 Å². The Morgan fingerprint density at radius 3 is 2.69 bits per heavy atom. The molecule has 0 aliphatic heterocycles. The lowest BCUT2D eigenvalue weighted by atomic mass is 9.82. The van der Waals surface area contributed by atoms with Gasteiger partial charge in [-0.05, 0) is 58.3 Å². The smallest absolute Gasteiger partial charge is 0.345 e. The third-order valence-corrected chi connectivity index (χ3v) is 5.79. The predicted molar refractivity (Wildman–Crippen MR) is 104 cm³/mol. The Morgan fingerprint density at radius 1 is 1.34 bits per heavy atom. The molecule has 1 amide bonds. The van der Waals surface area contributed by atoms with Crippen LogP contribution in [0.15, 0.2) is 6.20 Å². The summed E-state index contributed by atoms with van der Waals surface area (Å²) in [6, 6.07) is -0.00267. The Morgan fingerprint density at radius 2 is 2.07 bits per heavy atom. The molecule has 0 spiro atoms. The number of nitrogens with one attached hydrogen (secondary N) is 2. The predicted octanol–water partition coefficient (Wildman–Crippen LogP) is 2.64. The molecular formula is C19H29F2N5O3. The second kappa shape index (κ2) is 9.17. The monoisotopic (exact) mass is 413 g/mol. The summed E-state index contributed by atoms with van der Waals surface area (Å²) < 4.78 is 29.4. The molecule has 2 aliphatic carbocycles. The van der Waals surface area contributed by atoms with Gasteiger partial charge in [0.1, 0.15) is 5.82 Å². The number of hydrogen-bond donors (Lipinski definition) is 4. The lowest BCUT2D eigenvalue weighted by Crippen LogP contribution is -2.41. The van der Waals surface area contributed by atoms with E-state index < -0.39 is 18.6 Å². The highest BCUT2D eigenvalue weighted by Crippen LogP contribution is 2.33. The van der Waals surface area contributed by atoms with Crippen molar-refractivity contribution >= 4 is 17.7 Å². The van der Waals surface area contributed by atoms with E-state index >= 15 is 0 Å². The van der Waals surface area contributed by atoms with Crippen molar-refractivity contribution in [3.8, 4) is 0 Å². The molecule has 1 aromatic rings. The number of amides is 1. The molecule has 2 aliphatic rings. The number of carbonyl (C=O) groups is 1. The van der Waals surface area contributed by atoms with Crippen molar-refractivity contribution in [1.29, 1.82) is 0 Å². The van der Waals surface area contributed by atoms with E-state index in [0.717, 1.165) is 19.3 Å². The molecule has 0 radical (unpaired) electrons. The minimum absolute atomic E-state index is 0.00267. The molecule has 2 atom stereocenters. The maximum atomic E-state index is 12.4. The van der Waals surface area contributed by atoms with Gasteiger partial charge in [0.25, 0.3) is 5.91 Å². The van der Waals surface area contributed by atoms with Gasteiger partial charge in [-0.15, -0.1) is 0 Å². The zero-order chi connectivity index (χ0) is 21.0. The van der Waals surface area contributed by atoms with Crippen LogP contribution in [0.2, 0.25) is 0 Å². The fraction of sp³-hybridized carbons (Fsp3) is 0.737. The first-order valence-electron chi connectivity index (χ1n) is 10.1. The van der Waals surface area contributed by atoms with Crippen LogP contribution in [-0.2, 0) is 4.74 Å². The second-order valence-corrected chi connectivity index (χ2v) is 8.26. The number of aromatic nitrogens is 2. The topological polar surface area (TPSA) is 122 Å². The summed E-state index contributed by atoms with van der Waals surface area (Å²) in [6.45, 7) is -0.768. The average molecular weight is 413 g/mol. The number of alkyl halides is 2. The molecule has 29 heavy (non-hydrogen) atoms. The lowest BCUT2D eigenvalue weighted by molar-refractivity contribution is -0.171. The van der Waals surface area contributed by atoms with Gasteiger partial charge in [0.05, 0.1) is 17.8 Å². The molecule has 3 rings (SSSR count). The van der Waals surface area contributed by atoms with Gasteiger partial charge < -0.3 is 26.2 Å². The van der Waals surface area contributed by atoms with E-state index in [1.807, 2.05) is 6.92 Å². The van der Waals surface area contributed by atoms with Gasteiger partial charge in [0.15, 0.2) is 0 Å². The number of aliphatic hydroxyl groups excluding tert-OH is 1. The van der Waals surface area contributed by atoms with Gasteiger partial charge in [0, 0.05) is 17.8 Å². The van der Waals surface area contributed by atoms with Crippen LogP contribution in [0.4, 0.5) is 20.5 Å². The van der Waals surface area contributed by atoms with E-state index in [1.54, 1.807) is 0 Å². The van der Waals surface area contributed by atoms with Gasteiger partial charge in [-0.2, -0.15) is 13.8 Å². The Kier molecular flexibility index (Phi) is 6.84. The van der Waals surface area contributed by atoms with Crippen LogP contribution in [0, 0.1) is 0 Å². The quantitative estimate of drug-likeness (QED) is 0.542. The Balaban J connectivity index is 1.69. The van der Waals surface area contributed by atoms with Crippen molar-refractivity contribution in [3.63, 3.8) is 0 Å². The Hall–Kier alpha value is -2.07. The number of nitrogens with two attached hydrogens (primary N) is 1. The van der Waals surface area contributed by atoms with Crippen LogP contribution in [0.5, 0.6) is 0 Å². The van der Waals surface area contributed by atoms with E-state index in [4.69, 9.17) is 5.73 Å². The minimum Gasteiger partial charge on any atom is -0.393 e. The summed E-state index contributed by atoms with van der Waals surface area (Å²) in [4.78, 5) is 20.4.